The summed E-state index contributed by atoms with van der Waals surface area (Å²) in [5.74, 6) is -3.00. The zero-order valence-electron chi connectivity index (χ0n) is 10.6. The molecular weight excluding hydrogens is 232 g/mol. The molecule has 0 fully saturated rings. The highest BCUT2D eigenvalue weighted by Gasteiger charge is 2.25. The molecule has 0 unspecified atom stereocenters. The molecule has 96 valence electrons. The lowest BCUT2D eigenvalue weighted by atomic mass is 9.88. The van der Waals surface area contributed by atoms with Crippen molar-refractivity contribution >= 4 is 17.5 Å². The Morgan fingerprint density at radius 2 is 1.56 bits per heavy atom. The van der Waals surface area contributed by atoms with Gasteiger partial charge in [0.25, 0.3) is 0 Å². The lowest BCUT2D eigenvalue weighted by Gasteiger charge is -2.16. The maximum Gasteiger partial charge on any atom is 0.343 e. The number of carboxylic acid groups (broad SMARTS) is 2. The Hall–Kier alpha value is -2.10. The number of hydrogen-bond donors (Lipinski definition) is 2. The first-order valence-corrected chi connectivity index (χ1v) is 5.63. The fourth-order valence-corrected chi connectivity index (χ4v) is 1.93. The Labute approximate surface area is 106 Å². The van der Waals surface area contributed by atoms with Crippen molar-refractivity contribution in [3.63, 3.8) is 0 Å². The van der Waals surface area contributed by atoms with Crippen LogP contribution in [0.15, 0.2) is 29.8 Å². The molecular formula is C14H16O4. The molecule has 1 aromatic carbocycles. The molecule has 18 heavy (non-hydrogen) atoms. The molecule has 0 aliphatic heterocycles. The molecule has 1 rings (SSSR count). The molecule has 0 aliphatic rings. The fraction of sp³-hybridized carbons (Fsp3) is 0.286. The van der Waals surface area contributed by atoms with Crippen LogP contribution in [0, 0.1) is 12.8 Å². The molecule has 0 atom stereocenters. The molecule has 0 spiro atoms. The van der Waals surface area contributed by atoms with E-state index in [-0.39, 0.29) is 5.92 Å². The zero-order valence-corrected chi connectivity index (χ0v) is 10.6. The van der Waals surface area contributed by atoms with E-state index in [4.69, 9.17) is 10.2 Å². The van der Waals surface area contributed by atoms with Gasteiger partial charge in [-0.2, -0.15) is 0 Å². The predicted molar refractivity (Wildman–Crippen MR) is 68.2 cm³/mol. The van der Waals surface area contributed by atoms with Gasteiger partial charge >= 0.3 is 11.9 Å². The molecule has 2 N–H and O–H groups in total. The Bertz CT molecular complexity index is 496. The Kier molecular flexibility index (Phi) is 4.26. The van der Waals surface area contributed by atoms with Gasteiger partial charge in [-0.15, -0.1) is 0 Å². The Morgan fingerprint density at radius 3 is 1.94 bits per heavy atom. The predicted octanol–water partition coefficient (Wildman–Crippen LogP) is 2.57. The van der Waals surface area contributed by atoms with E-state index >= 15 is 0 Å². The number of aliphatic carboxylic acids is 2. The average Bonchev–Trinajstić information content (AvgIpc) is 2.25. The number of benzene rings is 1. The third-order valence-corrected chi connectivity index (χ3v) is 2.71. The van der Waals surface area contributed by atoms with Gasteiger partial charge in [0.2, 0.25) is 0 Å². The van der Waals surface area contributed by atoms with E-state index in [0.717, 1.165) is 5.56 Å². The summed E-state index contributed by atoms with van der Waals surface area (Å²) in [5.41, 5.74) is 1.33. The quantitative estimate of drug-likeness (QED) is 0.488. The first kappa shape index (κ1) is 14.0. The van der Waals surface area contributed by atoms with Crippen LogP contribution in [0.3, 0.4) is 0 Å². The number of carbonyl (C=O) groups is 2. The maximum atomic E-state index is 11.1. The standard InChI is InChI=1S/C14H16O4/c1-8(2)11(12(13(15)16)14(17)18)10-7-5-4-6-9(10)3/h4-8H,1-3H3,(H,15,16)(H,17,18). The van der Waals surface area contributed by atoms with Crippen LogP contribution in [0.25, 0.3) is 5.57 Å². The summed E-state index contributed by atoms with van der Waals surface area (Å²) in [4.78, 5) is 22.3. The van der Waals surface area contributed by atoms with Crippen molar-refractivity contribution in [1.82, 2.24) is 0 Å². The van der Waals surface area contributed by atoms with Crippen LogP contribution >= 0.6 is 0 Å². The van der Waals surface area contributed by atoms with Crippen molar-refractivity contribution in [3.8, 4) is 0 Å². The number of hydrogen-bond acceptors (Lipinski definition) is 2. The van der Waals surface area contributed by atoms with E-state index in [9.17, 15) is 9.59 Å². The van der Waals surface area contributed by atoms with Gasteiger partial charge < -0.3 is 10.2 Å². The number of carboxylic acids is 2. The SMILES string of the molecule is Cc1ccccc1C(=C(C(=O)O)C(=O)O)C(C)C. The van der Waals surface area contributed by atoms with Gasteiger partial charge in [-0.25, -0.2) is 9.59 Å². The highest BCUT2D eigenvalue weighted by atomic mass is 16.4. The lowest BCUT2D eigenvalue weighted by molar-refractivity contribution is -0.140. The molecule has 0 heterocycles. The summed E-state index contributed by atoms with van der Waals surface area (Å²) in [7, 11) is 0. The Balaban J connectivity index is 3.61. The van der Waals surface area contributed by atoms with Gasteiger partial charge in [-0.1, -0.05) is 38.1 Å². The first-order valence-electron chi connectivity index (χ1n) is 5.63. The second kappa shape index (κ2) is 5.49. The smallest absolute Gasteiger partial charge is 0.343 e. The highest BCUT2D eigenvalue weighted by molar-refractivity contribution is 6.19. The normalized spacial score (nSPS) is 10.2. The van der Waals surface area contributed by atoms with Gasteiger partial charge in [0.05, 0.1) is 0 Å². The summed E-state index contributed by atoms with van der Waals surface area (Å²) in [6.07, 6.45) is 0. The minimum Gasteiger partial charge on any atom is -0.477 e. The second-order valence-electron chi connectivity index (χ2n) is 4.37. The first-order chi connectivity index (χ1) is 8.36. The molecule has 0 aromatic heterocycles. The summed E-state index contributed by atoms with van der Waals surface area (Å²) in [6.45, 7) is 5.40. The topological polar surface area (TPSA) is 74.6 Å². The van der Waals surface area contributed by atoms with E-state index in [0.29, 0.717) is 11.1 Å². The zero-order chi connectivity index (χ0) is 13.9. The van der Waals surface area contributed by atoms with E-state index in [1.54, 1.807) is 26.0 Å². The largest absolute Gasteiger partial charge is 0.477 e. The summed E-state index contributed by atoms with van der Waals surface area (Å²) in [6, 6.07) is 7.18. The van der Waals surface area contributed by atoms with E-state index in [2.05, 4.69) is 0 Å². The molecule has 4 nitrogen and oxygen atoms in total. The van der Waals surface area contributed by atoms with Crippen molar-refractivity contribution in [1.29, 1.82) is 0 Å². The van der Waals surface area contributed by atoms with E-state index in [1.807, 2.05) is 19.1 Å². The van der Waals surface area contributed by atoms with Gasteiger partial charge in [0, 0.05) is 0 Å². The molecule has 0 amide bonds. The number of rotatable bonds is 4. The molecule has 0 saturated heterocycles. The molecule has 1 aromatic rings. The number of allylic oxidation sites excluding steroid dienone is 1. The molecule has 0 bridgehead atoms. The lowest BCUT2D eigenvalue weighted by Crippen LogP contribution is -2.16. The van der Waals surface area contributed by atoms with Crippen LogP contribution in [-0.4, -0.2) is 22.2 Å². The van der Waals surface area contributed by atoms with Crippen molar-refractivity contribution in [2.75, 3.05) is 0 Å². The van der Waals surface area contributed by atoms with Crippen LogP contribution in [0.2, 0.25) is 0 Å². The van der Waals surface area contributed by atoms with Crippen LogP contribution < -0.4 is 0 Å². The van der Waals surface area contributed by atoms with Gasteiger partial charge in [-0.3, -0.25) is 0 Å². The minimum atomic E-state index is -1.41. The molecule has 0 radical (unpaired) electrons. The van der Waals surface area contributed by atoms with Crippen molar-refractivity contribution in [2.24, 2.45) is 5.92 Å². The minimum absolute atomic E-state index is 0.187. The van der Waals surface area contributed by atoms with Crippen molar-refractivity contribution < 1.29 is 19.8 Å². The van der Waals surface area contributed by atoms with Crippen LogP contribution in [0.1, 0.15) is 25.0 Å². The summed E-state index contributed by atoms with van der Waals surface area (Å²) < 4.78 is 0. The van der Waals surface area contributed by atoms with Gasteiger partial charge in [-0.05, 0) is 29.5 Å². The maximum absolute atomic E-state index is 11.1. The van der Waals surface area contributed by atoms with E-state index < -0.39 is 17.5 Å². The summed E-state index contributed by atoms with van der Waals surface area (Å²) >= 11 is 0. The molecule has 0 aliphatic carbocycles. The van der Waals surface area contributed by atoms with Crippen molar-refractivity contribution in [2.45, 2.75) is 20.8 Å². The van der Waals surface area contributed by atoms with E-state index in [1.165, 1.54) is 0 Å². The second-order valence-corrected chi connectivity index (χ2v) is 4.37. The number of aryl methyl sites for hydroxylation is 1. The van der Waals surface area contributed by atoms with Gasteiger partial charge in [0.1, 0.15) is 5.57 Å². The van der Waals surface area contributed by atoms with Crippen LogP contribution in [-0.2, 0) is 9.59 Å². The van der Waals surface area contributed by atoms with Crippen LogP contribution in [0.4, 0.5) is 0 Å². The monoisotopic (exact) mass is 248 g/mol. The molecule has 0 saturated carbocycles. The van der Waals surface area contributed by atoms with Gasteiger partial charge in [0.15, 0.2) is 0 Å². The average molecular weight is 248 g/mol. The van der Waals surface area contributed by atoms with Crippen molar-refractivity contribution in [3.05, 3.63) is 41.0 Å². The molecule has 4 heteroatoms. The fourth-order valence-electron chi connectivity index (χ4n) is 1.93. The third kappa shape index (κ3) is 2.77. The Morgan fingerprint density at radius 1 is 1.06 bits per heavy atom. The third-order valence-electron chi connectivity index (χ3n) is 2.71. The van der Waals surface area contributed by atoms with Crippen LogP contribution in [0.5, 0.6) is 0 Å². The summed E-state index contributed by atoms with van der Waals surface area (Å²) in [5, 5.41) is 18.2. The highest BCUT2D eigenvalue weighted by Crippen LogP contribution is 2.29.